The Bertz CT molecular complexity index is 1320. The summed E-state index contributed by atoms with van der Waals surface area (Å²) in [4.78, 5) is 51.3. The first kappa shape index (κ1) is 23.0. The zero-order valence-corrected chi connectivity index (χ0v) is 20.2. The molecule has 10 nitrogen and oxygen atoms in total. The highest BCUT2D eigenvalue weighted by atomic mass is 32.1. The SMILES string of the molecule is Cc1nn(-c2ccccc2)c2sc(C(=O)OCC(=O)NN3C(=O)NC4(CCC(C)CC4)C3=O)cc12. The van der Waals surface area contributed by atoms with E-state index in [1.54, 1.807) is 10.7 Å². The molecular formula is C24H25N5O5S. The fourth-order valence-corrected chi connectivity index (χ4v) is 5.64. The summed E-state index contributed by atoms with van der Waals surface area (Å²) in [6, 6.07) is 10.6. The van der Waals surface area contributed by atoms with Crippen LogP contribution in [0.1, 0.15) is 48.0 Å². The summed E-state index contributed by atoms with van der Waals surface area (Å²) in [7, 11) is 0. The van der Waals surface area contributed by atoms with Crippen LogP contribution in [-0.2, 0) is 14.3 Å². The highest BCUT2D eigenvalue weighted by Crippen LogP contribution is 2.36. The van der Waals surface area contributed by atoms with Crippen molar-refractivity contribution in [2.75, 3.05) is 6.61 Å². The van der Waals surface area contributed by atoms with Gasteiger partial charge in [-0.3, -0.25) is 15.0 Å². The van der Waals surface area contributed by atoms with Gasteiger partial charge in [-0.1, -0.05) is 25.1 Å². The highest BCUT2D eigenvalue weighted by Gasteiger charge is 2.52. The Balaban J connectivity index is 1.22. The molecule has 1 saturated heterocycles. The zero-order valence-electron chi connectivity index (χ0n) is 19.4. The van der Waals surface area contributed by atoms with Crippen LogP contribution in [0.3, 0.4) is 0 Å². The number of para-hydroxylation sites is 1. The summed E-state index contributed by atoms with van der Waals surface area (Å²) in [5.74, 6) is -1.42. The standard InChI is InChI=1S/C24H25N5O5S/c1-14-8-10-24(11-9-14)22(32)29(23(33)25-24)27-19(30)13-34-21(31)18-12-17-15(2)26-28(20(17)35-18)16-6-4-3-5-7-16/h3-7,12,14H,8-11,13H2,1-2H3,(H,25,33)(H,27,30). The van der Waals surface area contributed by atoms with Crippen molar-refractivity contribution in [3.63, 3.8) is 0 Å². The number of hydrogen-bond donors (Lipinski definition) is 2. The number of nitrogens with zero attached hydrogens (tertiary/aromatic N) is 3. The number of nitrogens with one attached hydrogen (secondary N) is 2. The molecule has 1 aliphatic heterocycles. The molecule has 3 aromatic rings. The molecule has 1 aromatic carbocycles. The number of benzene rings is 1. The van der Waals surface area contributed by atoms with Gasteiger partial charge in [0.15, 0.2) is 6.61 Å². The lowest BCUT2D eigenvalue weighted by Crippen LogP contribution is -2.52. The molecule has 1 spiro atoms. The number of thiophene rings is 1. The first-order chi connectivity index (χ1) is 16.8. The van der Waals surface area contributed by atoms with E-state index in [0.29, 0.717) is 28.6 Å². The number of hydrogen-bond acceptors (Lipinski definition) is 7. The minimum absolute atomic E-state index is 0.322. The molecule has 1 aliphatic carbocycles. The summed E-state index contributed by atoms with van der Waals surface area (Å²) < 4.78 is 6.93. The van der Waals surface area contributed by atoms with E-state index < -0.39 is 36.0 Å². The van der Waals surface area contributed by atoms with Crippen molar-refractivity contribution in [3.05, 3.63) is 47.0 Å². The van der Waals surface area contributed by atoms with Crippen LogP contribution in [0.15, 0.2) is 36.4 Å². The summed E-state index contributed by atoms with van der Waals surface area (Å²) in [6.07, 6.45) is 2.71. The van der Waals surface area contributed by atoms with Gasteiger partial charge in [0.2, 0.25) is 0 Å². The number of hydrazine groups is 1. The van der Waals surface area contributed by atoms with Gasteiger partial charge in [-0.15, -0.1) is 11.3 Å². The number of aromatic nitrogens is 2. The number of amides is 4. The van der Waals surface area contributed by atoms with Crippen LogP contribution in [-0.4, -0.2) is 50.7 Å². The molecular weight excluding hydrogens is 470 g/mol. The highest BCUT2D eigenvalue weighted by molar-refractivity contribution is 7.20. The molecule has 5 rings (SSSR count). The molecule has 11 heteroatoms. The lowest BCUT2D eigenvalue weighted by atomic mass is 9.77. The van der Waals surface area contributed by atoms with Crippen LogP contribution in [0.5, 0.6) is 0 Å². The number of esters is 1. The zero-order chi connectivity index (χ0) is 24.7. The molecule has 182 valence electrons. The van der Waals surface area contributed by atoms with Crippen LogP contribution in [0, 0.1) is 12.8 Å². The maximum atomic E-state index is 12.9. The number of fused-ring (bicyclic) bond motifs is 1. The third-order valence-corrected chi connectivity index (χ3v) is 7.70. The van der Waals surface area contributed by atoms with Crippen LogP contribution in [0.25, 0.3) is 15.9 Å². The van der Waals surface area contributed by atoms with Crippen molar-refractivity contribution < 1.29 is 23.9 Å². The lowest BCUT2D eigenvalue weighted by molar-refractivity contribution is -0.141. The Labute approximate surface area is 205 Å². The van der Waals surface area contributed by atoms with Crippen molar-refractivity contribution >= 4 is 45.4 Å². The molecule has 2 N–H and O–H groups in total. The summed E-state index contributed by atoms with van der Waals surface area (Å²) >= 11 is 1.21. The van der Waals surface area contributed by atoms with Crippen LogP contribution >= 0.6 is 11.3 Å². The van der Waals surface area contributed by atoms with E-state index in [9.17, 15) is 19.2 Å². The number of urea groups is 1. The third kappa shape index (κ3) is 4.16. The van der Waals surface area contributed by atoms with Crippen molar-refractivity contribution in [2.24, 2.45) is 5.92 Å². The molecule has 4 amide bonds. The maximum absolute atomic E-state index is 12.9. The molecule has 35 heavy (non-hydrogen) atoms. The van der Waals surface area contributed by atoms with E-state index in [2.05, 4.69) is 22.8 Å². The van der Waals surface area contributed by atoms with Crippen LogP contribution in [0.4, 0.5) is 4.79 Å². The second kappa shape index (κ2) is 8.81. The number of ether oxygens (including phenoxy) is 1. The van der Waals surface area contributed by atoms with E-state index in [1.807, 2.05) is 37.3 Å². The summed E-state index contributed by atoms with van der Waals surface area (Å²) in [5, 5.41) is 8.79. The molecule has 0 bridgehead atoms. The smallest absolute Gasteiger partial charge is 0.348 e. The number of rotatable bonds is 5. The summed E-state index contributed by atoms with van der Waals surface area (Å²) in [5.41, 5.74) is 2.94. The molecule has 3 heterocycles. The lowest BCUT2D eigenvalue weighted by Gasteiger charge is -2.33. The van der Waals surface area contributed by atoms with Gasteiger partial charge < -0.3 is 10.1 Å². The first-order valence-electron chi connectivity index (χ1n) is 11.5. The Morgan fingerprint density at radius 1 is 1.23 bits per heavy atom. The predicted molar refractivity (Wildman–Crippen MR) is 128 cm³/mol. The van der Waals surface area contributed by atoms with Crippen LogP contribution < -0.4 is 10.7 Å². The molecule has 0 unspecified atom stereocenters. The molecule has 1 saturated carbocycles. The second-order valence-corrected chi connectivity index (χ2v) is 10.1. The minimum atomic E-state index is -0.963. The molecule has 0 atom stereocenters. The number of imide groups is 1. The minimum Gasteiger partial charge on any atom is -0.451 e. The van der Waals surface area contributed by atoms with Gasteiger partial charge in [0.05, 0.1) is 11.4 Å². The molecule has 2 aromatic heterocycles. The summed E-state index contributed by atoms with van der Waals surface area (Å²) in [6.45, 7) is 3.34. The van der Waals surface area contributed by atoms with E-state index in [4.69, 9.17) is 4.74 Å². The first-order valence-corrected chi connectivity index (χ1v) is 12.3. The predicted octanol–water partition coefficient (Wildman–Crippen LogP) is 3.08. The largest absolute Gasteiger partial charge is 0.451 e. The number of carbonyl (C=O) groups is 4. The van der Waals surface area contributed by atoms with Gasteiger partial charge in [-0.05, 0) is 56.7 Å². The second-order valence-electron chi connectivity index (χ2n) is 9.11. The van der Waals surface area contributed by atoms with Crippen LogP contribution in [0.2, 0.25) is 0 Å². The van der Waals surface area contributed by atoms with Gasteiger partial charge >= 0.3 is 12.0 Å². The van der Waals surface area contributed by atoms with Crippen molar-refractivity contribution in [2.45, 2.75) is 45.1 Å². The Morgan fingerprint density at radius 2 is 1.94 bits per heavy atom. The topological polar surface area (TPSA) is 123 Å². The fraction of sp³-hybridized carbons (Fsp3) is 0.375. The monoisotopic (exact) mass is 495 g/mol. The van der Waals surface area contributed by atoms with E-state index in [-0.39, 0.29) is 0 Å². The van der Waals surface area contributed by atoms with Crippen molar-refractivity contribution in [1.29, 1.82) is 0 Å². The van der Waals surface area contributed by atoms with Gasteiger partial charge in [0, 0.05) is 5.39 Å². The van der Waals surface area contributed by atoms with Crippen molar-refractivity contribution in [3.8, 4) is 5.69 Å². The average Bonchev–Trinajstić information content (AvgIpc) is 3.49. The number of aryl methyl sites for hydroxylation is 1. The van der Waals surface area contributed by atoms with E-state index >= 15 is 0 Å². The Hall–Kier alpha value is -3.73. The van der Waals surface area contributed by atoms with Crippen molar-refractivity contribution in [1.82, 2.24) is 25.5 Å². The molecule has 0 radical (unpaired) electrons. The van der Waals surface area contributed by atoms with Gasteiger partial charge in [0.1, 0.15) is 15.2 Å². The van der Waals surface area contributed by atoms with Gasteiger partial charge in [-0.2, -0.15) is 10.1 Å². The normalized spacial score (nSPS) is 22.0. The van der Waals surface area contributed by atoms with E-state index in [1.165, 1.54) is 11.3 Å². The quantitative estimate of drug-likeness (QED) is 0.414. The number of carbonyl (C=O) groups excluding carboxylic acids is 4. The van der Waals surface area contributed by atoms with Gasteiger partial charge in [-0.25, -0.2) is 14.3 Å². The average molecular weight is 496 g/mol. The molecule has 2 aliphatic rings. The molecule has 2 fully saturated rings. The fourth-order valence-electron chi connectivity index (χ4n) is 4.57. The Morgan fingerprint density at radius 3 is 2.66 bits per heavy atom. The Kier molecular flexibility index (Phi) is 5.79. The maximum Gasteiger partial charge on any atom is 0.348 e. The third-order valence-electron chi connectivity index (χ3n) is 6.61. The van der Waals surface area contributed by atoms with E-state index in [0.717, 1.165) is 34.4 Å². The van der Waals surface area contributed by atoms with Gasteiger partial charge in [0.25, 0.3) is 11.8 Å².